The lowest BCUT2D eigenvalue weighted by Crippen LogP contribution is -2.58. The van der Waals surface area contributed by atoms with Gasteiger partial charge in [0, 0.05) is 13.0 Å². The number of aromatic hydroxyl groups is 1. The molecule has 0 aromatic heterocycles. The number of likely N-dealkylation sites (tertiary alicyclic amines) is 1. The van der Waals surface area contributed by atoms with Gasteiger partial charge in [-0.15, -0.1) is 0 Å². The van der Waals surface area contributed by atoms with Crippen molar-refractivity contribution in [3.8, 4) is 5.75 Å². The summed E-state index contributed by atoms with van der Waals surface area (Å²) < 4.78 is 0. The van der Waals surface area contributed by atoms with E-state index in [0.717, 1.165) is 0 Å². The smallest absolute Gasteiger partial charge is 0.326 e. The molecule has 1 heterocycles. The molecule has 4 amide bonds. The van der Waals surface area contributed by atoms with Crippen LogP contribution in [0.3, 0.4) is 0 Å². The zero-order valence-corrected chi connectivity index (χ0v) is 20.5. The SMILES string of the molecule is CCC(C)C(N)C(=O)NC(CC(N)=O)C(=O)NC(Cc1ccc(O)cc1)C(=O)N1CCCC1C(=O)O. The fourth-order valence-electron chi connectivity index (χ4n) is 4.02. The largest absolute Gasteiger partial charge is 0.508 e. The second kappa shape index (κ2) is 12.9. The number of carboxylic acid groups (broad SMARTS) is 1. The molecule has 1 fully saturated rings. The molecule has 1 aliphatic rings. The van der Waals surface area contributed by atoms with Crippen molar-refractivity contribution in [2.75, 3.05) is 6.54 Å². The third kappa shape index (κ3) is 7.67. The molecule has 1 saturated heterocycles. The van der Waals surface area contributed by atoms with Gasteiger partial charge in [0.1, 0.15) is 23.9 Å². The fraction of sp³-hybridized carbons (Fsp3) is 0.542. The highest BCUT2D eigenvalue weighted by Gasteiger charge is 2.38. The highest BCUT2D eigenvalue weighted by atomic mass is 16.4. The molecule has 198 valence electrons. The summed E-state index contributed by atoms with van der Waals surface area (Å²) in [6.07, 6.45) is 0.861. The third-order valence-electron chi connectivity index (χ3n) is 6.41. The molecular weight excluding hydrogens is 470 g/mol. The Bertz CT molecular complexity index is 968. The molecule has 0 bridgehead atoms. The van der Waals surface area contributed by atoms with Crippen LogP contribution in [0.25, 0.3) is 0 Å². The molecule has 5 unspecified atom stereocenters. The van der Waals surface area contributed by atoms with Gasteiger partial charge in [-0.25, -0.2) is 4.79 Å². The minimum absolute atomic E-state index is 0.0121. The number of aliphatic carboxylic acids is 1. The number of phenols is 1. The lowest BCUT2D eigenvalue weighted by molar-refractivity contribution is -0.149. The van der Waals surface area contributed by atoms with Gasteiger partial charge >= 0.3 is 5.97 Å². The number of nitrogens with one attached hydrogen (secondary N) is 2. The number of nitrogens with zero attached hydrogens (tertiary/aromatic N) is 1. The van der Waals surface area contributed by atoms with E-state index in [4.69, 9.17) is 11.5 Å². The Morgan fingerprint density at radius 3 is 2.25 bits per heavy atom. The van der Waals surface area contributed by atoms with E-state index < -0.39 is 60.2 Å². The van der Waals surface area contributed by atoms with Gasteiger partial charge in [-0.2, -0.15) is 0 Å². The number of amides is 4. The Morgan fingerprint density at radius 2 is 1.69 bits per heavy atom. The number of rotatable bonds is 12. The van der Waals surface area contributed by atoms with E-state index in [1.54, 1.807) is 19.1 Å². The van der Waals surface area contributed by atoms with E-state index in [-0.39, 0.29) is 31.1 Å². The first kappa shape index (κ1) is 28.6. The van der Waals surface area contributed by atoms with Gasteiger partial charge in [0.2, 0.25) is 23.6 Å². The topological polar surface area (TPSA) is 205 Å². The predicted molar refractivity (Wildman–Crippen MR) is 129 cm³/mol. The zero-order chi connectivity index (χ0) is 27.0. The molecule has 5 atom stereocenters. The summed E-state index contributed by atoms with van der Waals surface area (Å²) in [5, 5.41) is 24.1. The summed E-state index contributed by atoms with van der Waals surface area (Å²) in [5.41, 5.74) is 11.8. The standard InChI is InChI=1S/C24H35N5O7/c1-3-13(2)20(26)22(33)27-16(12-19(25)31)21(32)28-17(11-14-6-8-15(30)9-7-14)23(34)29-10-4-5-18(29)24(35)36/h6-9,13,16-18,20,30H,3-5,10-12,26H2,1-2H3,(H2,25,31)(H,27,33)(H,28,32)(H,35,36). The highest BCUT2D eigenvalue weighted by molar-refractivity contribution is 5.96. The maximum Gasteiger partial charge on any atom is 0.326 e. The molecule has 2 rings (SSSR count). The minimum atomic E-state index is -1.38. The molecule has 8 N–H and O–H groups in total. The summed E-state index contributed by atoms with van der Waals surface area (Å²) in [5.74, 6) is -4.25. The molecule has 0 saturated carbocycles. The number of carbonyl (C=O) groups excluding carboxylic acids is 4. The number of hydrogen-bond acceptors (Lipinski definition) is 7. The van der Waals surface area contributed by atoms with Gasteiger partial charge in [0.05, 0.1) is 12.5 Å². The molecule has 0 aliphatic carbocycles. The van der Waals surface area contributed by atoms with Crippen molar-refractivity contribution in [3.63, 3.8) is 0 Å². The van der Waals surface area contributed by atoms with Crippen LogP contribution >= 0.6 is 0 Å². The van der Waals surface area contributed by atoms with Crippen LogP contribution in [0.4, 0.5) is 0 Å². The Kier molecular flexibility index (Phi) is 10.2. The zero-order valence-electron chi connectivity index (χ0n) is 20.5. The number of phenolic OH excluding ortho intramolecular Hbond substituents is 1. The van der Waals surface area contributed by atoms with Crippen LogP contribution in [-0.4, -0.2) is 75.4 Å². The van der Waals surface area contributed by atoms with E-state index in [9.17, 15) is 34.2 Å². The van der Waals surface area contributed by atoms with Crippen LogP contribution in [0.1, 0.15) is 45.1 Å². The molecule has 36 heavy (non-hydrogen) atoms. The fourth-order valence-corrected chi connectivity index (χ4v) is 4.02. The third-order valence-corrected chi connectivity index (χ3v) is 6.41. The van der Waals surface area contributed by atoms with E-state index in [0.29, 0.717) is 18.4 Å². The minimum Gasteiger partial charge on any atom is -0.508 e. The van der Waals surface area contributed by atoms with E-state index in [1.807, 2.05) is 6.92 Å². The molecule has 0 radical (unpaired) electrons. The van der Waals surface area contributed by atoms with Crippen LogP contribution in [0.2, 0.25) is 0 Å². The summed E-state index contributed by atoms with van der Waals surface area (Å²) in [4.78, 5) is 63.6. The normalized spacial score (nSPS) is 18.5. The van der Waals surface area contributed by atoms with Crippen LogP contribution in [0.15, 0.2) is 24.3 Å². The highest BCUT2D eigenvalue weighted by Crippen LogP contribution is 2.20. The molecular formula is C24H35N5O7. The number of nitrogens with two attached hydrogens (primary N) is 2. The molecule has 1 aliphatic heterocycles. The Hall–Kier alpha value is -3.67. The molecule has 12 heteroatoms. The first-order chi connectivity index (χ1) is 16.9. The quantitative estimate of drug-likeness (QED) is 0.212. The lowest BCUT2D eigenvalue weighted by Gasteiger charge is -2.29. The average Bonchev–Trinajstić information content (AvgIpc) is 3.33. The van der Waals surface area contributed by atoms with Crippen molar-refractivity contribution < 1.29 is 34.2 Å². The van der Waals surface area contributed by atoms with Crippen molar-refractivity contribution in [3.05, 3.63) is 29.8 Å². The van der Waals surface area contributed by atoms with E-state index in [1.165, 1.54) is 17.0 Å². The Morgan fingerprint density at radius 1 is 1.08 bits per heavy atom. The number of benzene rings is 1. The molecule has 1 aromatic rings. The van der Waals surface area contributed by atoms with Crippen molar-refractivity contribution in [2.45, 2.75) is 70.1 Å². The predicted octanol–water partition coefficient (Wildman–Crippen LogP) is -0.771. The first-order valence-corrected chi connectivity index (χ1v) is 11.9. The summed E-state index contributed by atoms with van der Waals surface area (Å²) in [6, 6.07) is 1.44. The van der Waals surface area contributed by atoms with Gasteiger partial charge in [-0.1, -0.05) is 32.4 Å². The molecule has 1 aromatic carbocycles. The number of carbonyl (C=O) groups is 5. The summed E-state index contributed by atoms with van der Waals surface area (Å²) >= 11 is 0. The van der Waals surface area contributed by atoms with E-state index in [2.05, 4.69) is 10.6 Å². The van der Waals surface area contributed by atoms with Gasteiger partial charge in [0.15, 0.2) is 0 Å². The van der Waals surface area contributed by atoms with Crippen molar-refractivity contribution >= 4 is 29.6 Å². The molecule has 0 spiro atoms. The molecule has 12 nitrogen and oxygen atoms in total. The number of primary amides is 1. The maximum absolute atomic E-state index is 13.4. The summed E-state index contributed by atoms with van der Waals surface area (Å²) in [6.45, 7) is 3.84. The van der Waals surface area contributed by atoms with Crippen molar-refractivity contribution in [2.24, 2.45) is 17.4 Å². The van der Waals surface area contributed by atoms with Crippen molar-refractivity contribution in [1.29, 1.82) is 0 Å². The Balaban J connectivity index is 2.28. The summed E-state index contributed by atoms with van der Waals surface area (Å²) in [7, 11) is 0. The van der Waals surface area contributed by atoms with E-state index >= 15 is 0 Å². The van der Waals surface area contributed by atoms with Crippen LogP contribution in [0.5, 0.6) is 5.75 Å². The first-order valence-electron chi connectivity index (χ1n) is 11.9. The number of hydrogen-bond donors (Lipinski definition) is 6. The van der Waals surface area contributed by atoms with Gasteiger partial charge in [0.25, 0.3) is 0 Å². The van der Waals surface area contributed by atoms with Crippen molar-refractivity contribution in [1.82, 2.24) is 15.5 Å². The van der Waals surface area contributed by atoms with Crippen LogP contribution < -0.4 is 22.1 Å². The van der Waals surface area contributed by atoms with Gasteiger partial charge in [-0.3, -0.25) is 19.2 Å². The van der Waals surface area contributed by atoms with Gasteiger partial charge in [-0.05, 0) is 36.5 Å². The lowest BCUT2D eigenvalue weighted by atomic mass is 9.98. The van der Waals surface area contributed by atoms with Crippen LogP contribution in [0, 0.1) is 5.92 Å². The Labute approximate surface area is 209 Å². The van der Waals surface area contributed by atoms with Gasteiger partial charge < -0.3 is 37.2 Å². The average molecular weight is 506 g/mol. The number of carboxylic acids is 1. The second-order valence-electron chi connectivity index (χ2n) is 9.10. The monoisotopic (exact) mass is 505 g/mol. The second-order valence-corrected chi connectivity index (χ2v) is 9.10. The van der Waals surface area contributed by atoms with Crippen LogP contribution in [-0.2, 0) is 30.4 Å². The maximum atomic E-state index is 13.4.